The summed E-state index contributed by atoms with van der Waals surface area (Å²) in [5, 5.41) is 6.44. The number of amides is 2. The number of rotatable bonds is 11. The van der Waals surface area contributed by atoms with Gasteiger partial charge in [0.2, 0.25) is 0 Å². The Morgan fingerprint density at radius 1 is 1.23 bits per heavy atom. The van der Waals surface area contributed by atoms with Gasteiger partial charge in [-0.1, -0.05) is 6.42 Å². The predicted molar refractivity (Wildman–Crippen MR) is 88.1 cm³/mol. The molecule has 0 spiro atoms. The zero-order valence-corrected chi connectivity index (χ0v) is 13.8. The molecule has 0 aromatic heterocycles. The number of urea groups is 1. The van der Waals surface area contributed by atoms with Crippen LogP contribution >= 0.6 is 11.8 Å². The Bertz CT molecular complexity index is 381. The molecule has 0 saturated carbocycles. The third-order valence-corrected chi connectivity index (χ3v) is 5.65. The lowest BCUT2D eigenvalue weighted by Crippen LogP contribution is -2.36. The van der Waals surface area contributed by atoms with Crippen LogP contribution in [0, 0.1) is 0 Å². The van der Waals surface area contributed by atoms with Gasteiger partial charge in [0.25, 0.3) is 0 Å². The first-order valence-corrected chi connectivity index (χ1v) is 9.23. The second-order valence-electron chi connectivity index (χ2n) is 5.91. The molecule has 126 valence electrons. The SMILES string of the molecule is NCCOCCCC(=O)CCCC[C@@H]1SC[C@@H]2NC(=O)N[C@@H]21. The minimum Gasteiger partial charge on any atom is -0.380 e. The van der Waals surface area contributed by atoms with Crippen LogP contribution in [0.4, 0.5) is 4.79 Å². The molecule has 2 rings (SSSR count). The lowest BCUT2D eigenvalue weighted by atomic mass is 10.0. The van der Waals surface area contributed by atoms with Crippen LogP contribution in [0.15, 0.2) is 0 Å². The molecule has 2 heterocycles. The number of hydrogen-bond donors (Lipinski definition) is 3. The predicted octanol–water partition coefficient (Wildman–Crippen LogP) is 1.04. The smallest absolute Gasteiger partial charge is 0.315 e. The van der Waals surface area contributed by atoms with Crippen molar-refractivity contribution >= 4 is 23.6 Å². The van der Waals surface area contributed by atoms with Crippen LogP contribution < -0.4 is 16.4 Å². The zero-order valence-electron chi connectivity index (χ0n) is 13.0. The summed E-state index contributed by atoms with van der Waals surface area (Å²) >= 11 is 1.93. The highest BCUT2D eigenvalue weighted by molar-refractivity contribution is 8.00. The minimum atomic E-state index is -0.0349. The summed E-state index contributed by atoms with van der Waals surface area (Å²) in [5.74, 6) is 1.32. The number of ether oxygens (including phenoxy) is 1. The van der Waals surface area contributed by atoms with Gasteiger partial charge in [-0.25, -0.2) is 4.79 Å². The highest BCUT2D eigenvalue weighted by atomic mass is 32.2. The number of hydrogen-bond acceptors (Lipinski definition) is 5. The van der Waals surface area contributed by atoms with Gasteiger partial charge in [0.15, 0.2) is 0 Å². The standard InChI is InChI=1S/C15H27N3O3S/c16-7-9-21-8-3-5-11(19)4-1-2-6-13-14-12(10-22-13)17-15(20)18-14/h12-14H,1-10,16H2,(H2,17,18,20)/t12-,13-,14-/m0/s1. The van der Waals surface area contributed by atoms with Crippen molar-refractivity contribution in [3.8, 4) is 0 Å². The molecule has 0 unspecified atom stereocenters. The lowest BCUT2D eigenvalue weighted by molar-refractivity contribution is -0.119. The number of carbonyl (C=O) groups excluding carboxylic acids is 2. The van der Waals surface area contributed by atoms with Crippen molar-refractivity contribution in [2.75, 3.05) is 25.5 Å². The van der Waals surface area contributed by atoms with E-state index in [1.165, 1.54) is 0 Å². The zero-order chi connectivity index (χ0) is 15.8. The van der Waals surface area contributed by atoms with Gasteiger partial charge in [0.1, 0.15) is 5.78 Å². The first-order chi connectivity index (χ1) is 10.7. The van der Waals surface area contributed by atoms with Crippen LogP contribution in [0.25, 0.3) is 0 Å². The highest BCUT2D eigenvalue weighted by Gasteiger charge is 2.42. The number of Topliss-reactive ketones (excluding diaryl/α,β-unsaturated/α-hetero) is 1. The molecule has 2 fully saturated rings. The van der Waals surface area contributed by atoms with E-state index in [2.05, 4.69) is 10.6 Å². The Kier molecular flexibility index (Phi) is 7.48. The largest absolute Gasteiger partial charge is 0.380 e. The lowest BCUT2D eigenvalue weighted by Gasteiger charge is -2.16. The maximum absolute atomic E-state index is 11.7. The summed E-state index contributed by atoms with van der Waals surface area (Å²) in [6.45, 7) is 1.73. The maximum atomic E-state index is 11.7. The van der Waals surface area contributed by atoms with Crippen molar-refractivity contribution in [1.29, 1.82) is 0 Å². The summed E-state index contributed by atoms with van der Waals surface area (Å²) in [7, 11) is 0. The van der Waals surface area contributed by atoms with E-state index in [-0.39, 0.29) is 18.1 Å². The molecule has 0 aromatic carbocycles. The average molecular weight is 329 g/mol. The number of thioether (sulfide) groups is 1. The Labute approximate surface area is 136 Å². The first-order valence-electron chi connectivity index (χ1n) is 8.19. The fraction of sp³-hybridized carbons (Fsp3) is 0.867. The van der Waals surface area contributed by atoms with E-state index in [4.69, 9.17) is 10.5 Å². The summed E-state index contributed by atoms with van der Waals surface area (Å²) in [6, 6.07) is 0.526. The highest BCUT2D eigenvalue weighted by Crippen LogP contribution is 2.33. The Balaban J connectivity index is 1.49. The van der Waals surface area contributed by atoms with Crippen LogP contribution in [0.2, 0.25) is 0 Å². The number of carbonyl (C=O) groups is 2. The first kappa shape index (κ1) is 17.6. The summed E-state index contributed by atoms with van der Waals surface area (Å²) in [6.07, 6.45) is 5.12. The molecule has 0 aliphatic carbocycles. The third kappa shape index (κ3) is 5.44. The van der Waals surface area contributed by atoms with Gasteiger partial charge in [0, 0.05) is 37.0 Å². The van der Waals surface area contributed by atoms with E-state index in [9.17, 15) is 9.59 Å². The molecule has 2 aliphatic rings. The van der Waals surface area contributed by atoms with Crippen LogP contribution in [0.3, 0.4) is 0 Å². The Morgan fingerprint density at radius 2 is 2.05 bits per heavy atom. The molecule has 0 bridgehead atoms. The van der Waals surface area contributed by atoms with E-state index >= 15 is 0 Å². The summed E-state index contributed by atoms with van der Waals surface area (Å²) < 4.78 is 5.25. The number of unbranched alkanes of at least 4 members (excludes halogenated alkanes) is 1. The molecule has 0 radical (unpaired) electrons. The monoisotopic (exact) mass is 329 g/mol. The van der Waals surface area contributed by atoms with Crippen molar-refractivity contribution in [2.45, 2.75) is 55.9 Å². The van der Waals surface area contributed by atoms with Gasteiger partial charge in [-0.2, -0.15) is 11.8 Å². The normalized spacial score (nSPS) is 26.6. The molecule has 2 amide bonds. The van der Waals surface area contributed by atoms with Crippen molar-refractivity contribution in [2.24, 2.45) is 5.73 Å². The Hall–Kier alpha value is -0.790. The fourth-order valence-corrected chi connectivity index (χ4v) is 4.54. The molecular weight excluding hydrogens is 302 g/mol. The molecule has 4 N–H and O–H groups in total. The minimum absolute atomic E-state index is 0.0349. The second-order valence-corrected chi connectivity index (χ2v) is 7.18. The van der Waals surface area contributed by atoms with Gasteiger partial charge in [-0.15, -0.1) is 0 Å². The van der Waals surface area contributed by atoms with Crippen LogP contribution in [0.5, 0.6) is 0 Å². The number of fused-ring (bicyclic) bond motifs is 1. The van der Waals surface area contributed by atoms with Gasteiger partial charge >= 0.3 is 6.03 Å². The third-order valence-electron chi connectivity index (χ3n) is 4.14. The molecule has 7 heteroatoms. The van der Waals surface area contributed by atoms with E-state index in [1.807, 2.05) is 11.8 Å². The second kappa shape index (κ2) is 9.37. The molecule has 3 atom stereocenters. The van der Waals surface area contributed by atoms with Gasteiger partial charge in [-0.05, 0) is 19.3 Å². The Morgan fingerprint density at radius 3 is 2.86 bits per heavy atom. The molecular formula is C15H27N3O3S. The van der Waals surface area contributed by atoms with Crippen molar-refractivity contribution in [3.63, 3.8) is 0 Å². The maximum Gasteiger partial charge on any atom is 0.315 e. The number of nitrogens with two attached hydrogens (primary N) is 1. The van der Waals surface area contributed by atoms with Gasteiger partial charge in [0.05, 0.1) is 18.7 Å². The van der Waals surface area contributed by atoms with Crippen molar-refractivity contribution < 1.29 is 14.3 Å². The summed E-state index contributed by atoms with van der Waals surface area (Å²) in [4.78, 5) is 23.0. The average Bonchev–Trinajstić information content (AvgIpc) is 3.03. The topological polar surface area (TPSA) is 93.4 Å². The van der Waals surface area contributed by atoms with Crippen LogP contribution in [-0.2, 0) is 9.53 Å². The van der Waals surface area contributed by atoms with E-state index in [0.717, 1.165) is 31.4 Å². The number of ketones is 1. The van der Waals surface area contributed by atoms with Gasteiger partial charge in [-0.3, -0.25) is 4.79 Å². The molecule has 2 saturated heterocycles. The summed E-state index contributed by atoms with van der Waals surface area (Å²) in [5.41, 5.74) is 5.32. The van der Waals surface area contributed by atoms with Crippen molar-refractivity contribution in [1.82, 2.24) is 10.6 Å². The van der Waals surface area contributed by atoms with E-state index in [0.29, 0.717) is 43.6 Å². The van der Waals surface area contributed by atoms with Crippen LogP contribution in [-0.4, -0.2) is 54.7 Å². The fourth-order valence-electron chi connectivity index (χ4n) is 2.99. The van der Waals surface area contributed by atoms with E-state index < -0.39 is 0 Å². The van der Waals surface area contributed by atoms with Crippen LogP contribution in [0.1, 0.15) is 38.5 Å². The van der Waals surface area contributed by atoms with E-state index in [1.54, 1.807) is 0 Å². The quantitative estimate of drug-likeness (QED) is 0.389. The molecule has 0 aromatic rings. The molecule has 2 aliphatic heterocycles. The molecule has 6 nitrogen and oxygen atoms in total. The molecule has 22 heavy (non-hydrogen) atoms. The van der Waals surface area contributed by atoms with Crippen molar-refractivity contribution in [3.05, 3.63) is 0 Å². The van der Waals surface area contributed by atoms with Gasteiger partial charge < -0.3 is 21.1 Å². The number of nitrogens with one attached hydrogen (secondary N) is 2.